The summed E-state index contributed by atoms with van der Waals surface area (Å²) in [5.41, 5.74) is 1.01. The quantitative estimate of drug-likeness (QED) is 0.323. The second kappa shape index (κ2) is 7.61. The average molecular weight is 383 g/mol. The van der Waals surface area contributed by atoms with Crippen LogP contribution in [0.5, 0.6) is 5.88 Å². The second-order valence-corrected chi connectivity index (χ2v) is 7.39. The van der Waals surface area contributed by atoms with Crippen molar-refractivity contribution in [1.29, 1.82) is 0 Å². The summed E-state index contributed by atoms with van der Waals surface area (Å²) in [7, 11) is 3.26. The van der Waals surface area contributed by atoms with E-state index in [9.17, 15) is 9.59 Å². The molecule has 0 aromatic carbocycles. The Kier molecular flexibility index (Phi) is 5.02. The largest absolute Gasteiger partial charge is 0.481 e. The number of imide groups is 1. The van der Waals surface area contributed by atoms with Gasteiger partial charge in [0.2, 0.25) is 17.7 Å². The topological polar surface area (TPSA) is 95.9 Å². The van der Waals surface area contributed by atoms with Crippen LogP contribution in [0.25, 0.3) is 0 Å². The lowest BCUT2D eigenvalue weighted by Crippen LogP contribution is -2.43. The number of pyridine rings is 1. The lowest BCUT2D eigenvalue weighted by Gasteiger charge is -2.18. The predicted molar refractivity (Wildman–Crippen MR) is 103 cm³/mol. The van der Waals surface area contributed by atoms with Crippen molar-refractivity contribution in [1.82, 2.24) is 20.5 Å². The lowest BCUT2D eigenvalue weighted by atomic mass is 9.85. The van der Waals surface area contributed by atoms with Crippen LogP contribution < -0.4 is 15.4 Å². The van der Waals surface area contributed by atoms with Crippen molar-refractivity contribution in [3.05, 3.63) is 36.0 Å². The van der Waals surface area contributed by atoms with Gasteiger partial charge in [-0.1, -0.05) is 12.2 Å². The van der Waals surface area contributed by atoms with Crippen LogP contribution in [0.15, 0.2) is 35.5 Å². The lowest BCUT2D eigenvalue weighted by molar-refractivity contribution is -0.140. The van der Waals surface area contributed by atoms with Gasteiger partial charge in [-0.15, -0.1) is 0 Å². The number of ether oxygens (including phenoxy) is 1. The first kappa shape index (κ1) is 18.5. The van der Waals surface area contributed by atoms with Crippen molar-refractivity contribution in [2.24, 2.45) is 28.7 Å². The molecule has 8 nitrogen and oxygen atoms in total. The number of allylic oxidation sites excluding steroid dienone is 2. The fourth-order valence-electron chi connectivity index (χ4n) is 4.55. The van der Waals surface area contributed by atoms with E-state index in [0.29, 0.717) is 31.5 Å². The zero-order valence-electron chi connectivity index (χ0n) is 16.1. The molecular weight excluding hydrogens is 358 g/mol. The summed E-state index contributed by atoms with van der Waals surface area (Å²) in [6.45, 7) is 1.37. The van der Waals surface area contributed by atoms with Crippen molar-refractivity contribution in [2.45, 2.75) is 13.0 Å². The molecule has 4 rings (SSSR count). The van der Waals surface area contributed by atoms with Crippen LogP contribution >= 0.6 is 0 Å². The van der Waals surface area contributed by atoms with Gasteiger partial charge in [-0.05, 0) is 29.9 Å². The number of hydrogen-bond donors (Lipinski definition) is 2. The van der Waals surface area contributed by atoms with E-state index in [1.807, 2.05) is 12.1 Å². The number of methoxy groups -OCH3 is 1. The molecule has 1 aromatic rings. The predicted octanol–water partition coefficient (Wildman–Crippen LogP) is 0.562. The molecule has 2 amide bonds. The highest BCUT2D eigenvalue weighted by Crippen LogP contribution is 2.52. The highest BCUT2D eigenvalue weighted by Gasteiger charge is 2.58. The van der Waals surface area contributed by atoms with Crippen LogP contribution in [0.3, 0.4) is 0 Å². The van der Waals surface area contributed by atoms with Gasteiger partial charge < -0.3 is 15.4 Å². The van der Waals surface area contributed by atoms with Crippen molar-refractivity contribution >= 4 is 17.8 Å². The molecule has 2 heterocycles. The first-order valence-electron chi connectivity index (χ1n) is 9.59. The molecule has 4 atom stereocenters. The highest BCUT2D eigenvalue weighted by atomic mass is 16.5. The minimum atomic E-state index is -0.137. The summed E-state index contributed by atoms with van der Waals surface area (Å²) in [6, 6.07) is 3.74. The van der Waals surface area contributed by atoms with Gasteiger partial charge in [0.15, 0.2) is 5.96 Å². The molecule has 2 aliphatic carbocycles. The minimum absolute atomic E-state index is 0.0134. The number of nitrogens with zero attached hydrogens (tertiary/aromatic N) is 3. The molecule has 2 fully saturated rings. The minimum Gasteiger partial charge on any atom is -0.481 e. The summed E-state index contributed by atoms with van der Waals surface area (Å²) in [5.74, 6) is 1.36. The van der Waals surface area contributed by atoms with E-state index >= 15 is 0 Å². The zero-order chi connectivity index (χ0) is 19.7. The Bertz CT molecular complexity index is 807. The molecule has 1 saturated heterocycles. The summed E-state index contributed by atoms with van der Waals surface area (Å²) < 4.78 is 5.12. The molecule has 1 saturated carbocycles. The van der Waals surface area contributed by atoms with Gasteiger partial charge >= 0.3 is 0 Å². The van der Waals surface area contributed by atoms with Crippen LogP contribution in [0.4, 0.5) is 0 Å². The Morgan fingerprint density at radius 3 is 2.61 bits per heavy atom. The third kappa shape index (κ3) is 3.23. The van der Waals surface area contributed by atoms with Gasteiger partial charge in [0.05, 0.1) is 18.9 Å². The summed E-state index contributed by atoms with van der Waals surface area (Å²) in [6.07, 6.45) is 6.86. The first-order valence-corrected chi connectivity index (χ1v) is 9.59. The molecule has 1 aliphatic heterocycles. The number of guanidine groups is 1. The van der Waals surface area contributed by atoms with E-state index in [0.717, 1.165) is 12.0 Å². The number of rotatable bonds is 6. The molecule has 2 bridgehead atoms. The molecule has 148 valence electrons. The molecule has 28 heavy (non-hydrogen) atoms. The van der Waals surface area contributed by atoms with E-state index < -0.39 is 0 Å². The van der Waals surface area contributed by atoms with Gasteiger partial charge in [0, 0.05) is 38.9 Å². The molecular formula is C20H25N5O3. The molecule has 8 heteroatoms. The van der Waals surface area contributed by atoms with E-state index in [1.54, 1.807) is 20.4 Å². The Labute approximate surface area is 164 Å². The van der Waals surface area contributed by atoms with Gasteiger partial charge in [0.25, 0.3) is 0 Å². The Morgan fingerprint density at radius 2 is 1.96 bits per heavy atom. The SMILES string of the molecule is CN=C(NCCN1C(=O)C2C3C=CC(C3)C2C1=O)NCc1ccnc(OC)c1. The molecule has 0 radical (unpaired) electrons. The molecule has 1 aromatic heterocycles. The third-order valence-corrected chi connectivity index (χ3v) is 5.88. The molecule has 2 N–H and O–H groups in total. The fraction of sp³-hybridized carbons (Fsp3) is 0.500. The molecule has 0 spiro atoms. The van der Waals surface area contributed by atoms with Crippen LogP contribution in [-0.4, -0.2) is 54.9 Å². The van der Waals surface area contributed by atoms with Crippen LogP contribution in [0, 0.1) is 23.7 Å². The second-order valence-electron chi connectivity index (χ2n) is 7.39. The standard InChI is InChI=1S/C20H25N5O3/c1-21-20(24-11-12-5-6-22-15(9-12)28-2)23-7-8-25-18(26)16-13-3-4-14(10-13)17(16)19(25)27/h3-6,9,13-14,16-17H,7-8,10-11H2,1-2H3,(H2,21,23,24). The molecule has 4 unspecified atom stereocenters. The maximum Gasteiger partial charge on any atom is 0.233 e. The van der Waals surface area contributed by atoms with Crippen molar-refractivity contribution in [3.63, 3.8) is 0 Å². The Balaban J connectivity index is 1.27. The number of aromatic nitrogens is 1. The Hall–Kier alpha value is -2.90. The first-order chi connectivity index (χ1) is 13.6. The van der Waals surface area contributed by atoms with E-state index in [4.69, 9.17) is 4.74 Å². The number of carbonyl (C=O) groups excluding carboxylic acids is 2. The van der Waals surface area contributed by atoms with Gasteiger partial charge in [-0.2, -0.15) is 0 Å². The summed E-state index contributed by atoms with van der Waals surface area (Å²) in [4.78, 5) is 35.1. The summed E-state index contributed by atoms with van der Waals surface area (Å²) in [5, 5.41) is 6.38. The zero-order valence-corrected chi connectivity index (χ0v) is 16.1. The van der Waals surface area contributed by atoms with Gasteiger partial charge in [-0.25, -0.2) is 4.98 Å². The van der Waals surface area contributed by atoms with Crippen molar-refractivity contribution in [3.8, 4) is 5.88 Å². The fourth-order valence-corrected chi connectivity index (χ4v) is 4.55. The monoisotopic (exact) mass is 383 g/mol. The van der Waals surface area contributed by atoms with Crippen LogP contribution in [-0.2, 0) is 16.1 Å². The smallest absolute Gasteiger partial charge is 0.233 e. The number of amides is 2. The van der Waals surface area contributed by atoms with E-state index in [-0.39, 0.29) is 35.5 Å². The number of nitrogens with one attached hydrogen (secondary N) is 2. The van der Waals surface area contributed by atoms with Gasteiger partial charge in [0.1, 0.15) is 0 Å². The van der Waals surface area contributed by atoms with E-state index in [1.165, 1.54) is 4.90 Å². The Morgan fingerprint density at radius 1 is 1.25 bits per heavy atom. The molecule has 3 aliphatic rings. The number of hydrogen-bond acceptors (Lipinski definition) is 5. The average Bonchev–Trinajstić information content (AvgIpc) is 3.40. The van der Waals surface area contributed by atoms with E-state index in [2.05, 4.69) is 32.8 Å². The van der Waals surface area contributed by atoms with Crippen molar-refractivity contribution in [2.75, 3.05) is 27.2 Å². The number of carbonyl (C=O) groups is 2. The maximum atomic E-state index is 12.7. The van der Waals surface area contributed by atoms with Gasteiger partial charge in [-0.3, -0.25) is 19.5 Å². The summed E-state index contributed by atoms with van der Waals surface area (Å²) >= 11 is 0. The number of aliphatic imine (C=N–C) groups is 1. The van der Waals surface area contributed by atoms with Crippen molar-refractivity contribution < 1.29 is 14.3 Å². The van der Waals surface area contributed by atoms with Crippen LogP contribution in [0.1, 0.15) is 12.0 Å². The maximum absolute atomic E-state index is 12.7. The van der Waals surface area contributed by atoms with Crippen LogP contribution in [0.2, 0.25) is 0 Å². The highest BCUT2D eigenvalue weighted by molar-refractivity contribution is 6.06. The number of likely N-dealkylation sites (tertiary alicyclic amines) is 1. The normalized spacial score (nSPS) is 28.1. The third-order valence-electron chi connectivity index (χ3n) is 5.88. The number of fused-ring (bicyclic) bond motifs is 5.